The maximum Gasteiger partial charge on any atom is 0.183 e. The van der Waals surface area contributed by atoms with Crippen molar-refractivity contribution in [1.82, 2.24) is 9.38 Å². The zero-order valence-corrected chi connectivity index (χ0v) is 14.3. The second kappa shape index (κ2) is 5.61. The molecule has 0 aliphatic rings. The summed E-state index contributed by atoms with van der Waals surface area (Å²) in [4.78, 5) is 4.76. The van der Waals surface area contributed by atoms with E-state index < -0.39 is 0 Å². The van der Waals surface area contributed by atoms with Crippen molar-refractivity contribution in [2.45, 2.75) is 40.0 Å². The van der Waals surface area contributed by atoms with Crippen LogP contribution in [0.4, 0.5) is 11.5 Å². The Labute approximate surface area is 136 Å². The predicted octanol–water partition coefficient (Wildman–Crippen LogP) is 5.66. The highest BCUT2D eigenvalue weighted by Crippen LogP contribution is 2.33. The first-order chi connectivity index (χ1) is 10.8. The summed E-state index contributed by atoms with van der Waals surface area (Å²) in [5.74, 6) is 0.803. The number of nitrogens with zero attached hydrogens (tertiary/aromatic N) is 4. The molecule has 118 valence electrons. The third-order valence-electron chi connectivity index (χ3n) is 3.71. The lowest BCUT2D eigenvalue weighted by molar-refractivity contribution is 0.574. The summed E-state index contributed by atoms with van der Waals surface area (Å²) in [7, 11) is 0. The van der Waals surface area contributed by atoms with Crippen molar-refractivity contribution >= 4 is 17.2 Å². The first-order valence-electron chi connectivity index (χ1n) is 7.82. The molecule has 0 amide bonds. The number of hydrogen-bond donors (Lipinski definition) is 0. The number of azo groups is 1. The fourth-order valence-corrected chi connectivity index (χ4v) is 2.53. The van der Waals surface area contributed by atoms with Gasteiger partial charge >= 0.3 is 0 Å². The maximum atomic E-state index is 4.76. The molecule has 2 aromatic heterocycles. The Bertz CT molecular complexity index is 882. The number of hydrogen-bond acceptors (Lipinski definition) is 3. The predicted molar refractivity (Wildman–Crippen MR) is 94.0 cm³/mol. The average molecular weight is 306 g/mol. The molecular weight excluding hydrogens is 284 g/mol. The summed E-state index contributed by atoms with van der Waals surface area (Å²) in [5.41, 5.74) is 4.96. The van der Waals surface area contributed by atoms with Crippen LogP contribution in [0.1, 0.15) is 37.6 Å². The maximum absolute atomic E-state index is 4.76. The molecule has 3 aromatic rings. The number of aryl methyl sites for hydroxylation is 2. The highest BCUT2D eigenvalue weighted by Gasteiger charge is 2.24. The summed E-state index contributed by atoms with van der Waals surface area (Å²) in [5, 5.41) is 8.97. The molecule has 0 radical (unpaired) electrons. The lowest BCUT2D eigenvalue weighted by atomic mass is 9.92. The number of imidazole rings is 1. The number of fused-ring (bicyclic) bond motifs is 1. The number of aromatic nitrogens is 2. The Kier molecular flexibility index (Phi) is 3.76. The minimum Gasteiger partial charge on any atom is -0.283 e. The van der Waals surface area contributed by atoms with E-state index >= 15 is 0 Å². The van der Waals surface area contributed by atoms with Crippen LogP contribution in [-0.2, 0) is 5.41 Å². The molecule has 0 atom stereocenters. The van der Waals surface area contributed by atoms with Gasteiger partial charge in [0.25, 0.3) is 0 Å². The van der Waals surface area contributed by atoms with E-state index in [4.69, 9.17) is 4.98 Å². The van der Waals surface area contributed by atoms with E-state index in [-0.39, 0.29) is 5.41 Å². The molecule has 1 aromatic carbocycles. The van der Waals surface area contributed by atoms with Gasteiger partial charge in [-0.3, -0.25) is 4.40 Å². The molecule has 0 fully saturated rings. The standard InChI is InChI=1S/C19H22N4/c1-13-7-6-8-15(11-13)21-22-18-17(19(3,4)5)20-16-10-9-14(2)12-23(16)18/h6-12H,1-5H3. The highest BCUT2D eigenvalue weighted by atomic mass is 15.2. The van der Waals surface area contributed by atoms with E-state index in [0.29, 0.717) is 0 Å². The van der Waals surface area contributed by atoms with Crippen molar-refractivity contribution in [3.63, 3.8) is 0 Å². The van der Waals surface area contributed by atoms with Gasteiger partial charge in [-0.2, -0.15) is 0 Å². The van der Waals surface area contributed by atoms with Crippen molar-refractivity contribution in [1.29, 1.82) is 0 Å². The van der Waals surface area contributed by atoms with Crippen LogP contribution in [0.15, 0.2) is 52.8 Å². The van der Waals surface area contributed by atoms with Gasteiger partial charge in [-0.05, 0) is 43.2 Å². The molecule has 4 heteroatoms. The quantitative estimate of drug-likeness (QED) is 0.563. The number of benzene rings is 1. The van der Waals surface area contributed by atoms with Gasteiger partial charge in [0, 0.05) is 11.6 Å². The Morgan fingerprint density at radius 2 is 1.74 bits per heavy atom. The van der Waals surface area contributed by atoms with E-state index in [1.165, 1.54) is 11.1 Å². The molecule has 0 aliphatic carbocycles. The minimum absolute atomic E-state index is 0.0963. The topological polar surface area (TPSA) is 42.0 Å². The number of pyridine rings is 1. The van der Waals surface area contributed by atoms with E-state index in [2.05, 4.69) is 63.2 Å². The van der Waals surface area contributed by atoms with Crippen LogP contribution >= 0.6 is 0 Å². The first-order valence-corrected chi connectivity index (χ1v) is 7.82. The fourth-order valence-electron chi connectivity index (χ4n) is 2.53. The van der Waals surface area contributed by atoms with Crippen molar-refractivity contribution in [3.8, 4) is 0 Å². The molecule has 0 saturated heterocycles. The molecule has 0 spiro atoms. The molecule has 0 unspecified atom stereocenters. The van der Waals surface area contributed by atoms with Crippen LogP contribution in [0.25, 0.3) is 5.65 Å². The first kappa shape index (κ1) is 15.4. The molecule has 0 saturated carbocycles. The van der Waals surface area contributed by atoms with Crippen molar-refractivity contribution in [3.05, 3.63) is 59.4 Å². The summed E-state index contributed by atoms with van der Waals surface area (Å²) >= 11 is 0. The molecule has 2 heterocycles. The Morgan fingerprint density at radius 1 is 0.957 bits per heavy atom. The summed E-state index contributed by atoms with van der Waals surface area (Å²) in [6.07, 6.45) is 2.06. The Morgan fingerprint density at radius 3 is 2.43 bits per heavy atom. The molecule has 4 nitrogen and oxygen atoms in total. The van der Waals surface area contributed by atoms with Crippen LogP contribution in [0.2, 0.25) is 0 Å². The third-order valence-corrected chi connectivity index (χ3v) is 3.71. The van der Waals surface area contributed by atoms with Crippen LogP contribution in [0.3, 0.4) is 0 Å². The van der Waals surface area contributed by atoms with Crippen molar-refractivity contribution < 1.29 is 0 Å². The van der Waals surface area contributed by atoms with E-state index in [9.17, 15) is 0 Å². The highest BCUT2D eigenvalue weighted by molar-refractivity contribution is 5.55. The lowest BCUT2D eigenvalue weighted by Crippen LogP contribution is -2.11. The third kappa shape index (κ3) is 3.16. The van der Waals surface area contributed by atoms with Gasteiger partial charge in [-0.1, -0.05) is 39.0 Å². The molecule has 0 bridgehead atoms. The minimum atomic E-state index is -0.0963. The van der Waals surface area contributed by atoms with Crippen LogP contribution in [0, 0.1) is 13.8 Å². The smallest absolute Gasteiger partial charge is 0.183 e. The van der Waals surface area contributed by atoms with Crippen LogP contribution in [-0.4, -0.2) is 9.38 Å². The second-order valence-electron chi connectivity index (χ2n) is 7.01. The Hall–Kier alpha value is -2.49. The monoisotopic (exact) mass is 306 g/mol. The molecular formula is C19H22N4. The summed E-state index contributed by atoms with van der Waals surface area (Å²) in [6, 6.07) is 12.1. The van der Waals surface area contributed by atoms with Crippen molar-refractivity contribution in [2.24, 2.45) is 10.2 Å². The normalized spacial score (nSPS) is 12.4. The fraction of sp³-hybridized carbons (Fsp3) is 0.316. The summed E-state index contributed by atoms with van der Waals surface area (Å²) in [6.45, 7) is 10.6. The van der Waals surface area contributed by atoms with Crippen LogP contribution in [0.5, 0.6) is 0 Å². The van der Waals surface area contributed by atoms with Crippen molar-refractivity contribution in [2.75, 3.05) is 0 Å². The lowest BCUT2D eigenvalue weighted by Gasteiger charge is -2.15. The van der Waals surface area contributed by atoms with Gasteiger partial charge in [0.1, 0.15) is 5.65 Å². The van der Waals surface area contributed by atoms with E-state index in [1.807, 2.05) is 28.7 Å². The molecule has 3 rings (SSSR count). The number of rotatable bonds is 2. The largest absolute Gasteiger partial charge is 0.283 e. The van der Waals surface area contributed by atoms with Gasteiger partial charge in [0.05, 0.1) is 11.4 Å². The van der Waals surface area contributed by atoms with Gasteiger partial charge < -0.3 is 0 Å². The van der Waals surface area contributed by atoms with Gasteiger partial charge in [0.2, 0.25) is 0 Å². The van der Waals surface area contributed by atoms with Gasteiger partial charge in [-0.15, -0.1) is 10.2 Å². The van der Waals surface area contributed by atoms with Crippen LogP contribution < -0.4 is 0 Å². The molecule has 0 N–H and O–H groups in total. The van der Waals surface area contributed by atoms with E-state index in [0.717, 1.165) is 22.8 Å². The molecule has 0 aliphatic heterocycles. The van der Waals surface area contributed by atoms with Gasteiger partial charge in [-0.25, -0.2) is 4.98 Å². The zero-order valence-electron chi connectivity index (χ0n) is 14.3. The Balaban J connectivity index is 2.16. The average Bonchev–Trinajstić information content (AvgIpc) is 2.83. The second-order valence-corrected chi connectivity index (χ2v) is 7.01. The van der Waals surface area contributed by atoms with E-state index in [1.54, 1.807) is 0 Å². The summed E-state index contributed by atoms with van der Waals surface area (Å²) < 4.78 is 2.02. The zero-order chi connectivity index (χ0) is 16.6. The SMILES string of the molecule is Cc1cccc(N=Nc2c(C(C)(C)C)nc3ccc(C)cn23)c1. The molecule has 23 heavy (non-hydrogen) atoms. The van der Waals surface area contributed by atoms with Gasteiger partial charge in [0.15, 0.2) is 5.82 Å².